The monoisotopic (exact) mass is 317 g/mol. The van der Waals surface area contributed by atoms with Crippen LogP contribution in [-0.4, -0.2) is 66.2 Å². The summed E-state index contributed by atoms with van der Waals surface area (Å²) in [5.74, 6) is -0.474. The molecule has 0 saturated carbocycles. The number of carbonyl (C=O) groups excluding carboxylic acids is 2. The lowest BCUT2D eigenvalue weighted by atomic mass is 9.85. The highest BCUT2D eigenvalue weighted by Crippen LogP contribution is 2.29. The minimum Gasteiger partial charge on any atom is -0.466 e. The number of amides is 1. The molecule has 7 heteroatoms. The van der Waals surface area contributed by atoms with Crippen LogP contribution in [0.2, 0.25) is 0 Å². The maximum absolute atomic E-state index is 12.1. The van der Waals surface area contributed by atoms with Crippen molar-refractivity contribution < 1.29 is 28.9 Å². The lowest BCUT2D eigenvalue weighted by Gasteiger charge is -2.43. The predicted molar refractivity (Wildman–Crippen MR) is 79.4 cm³/mol. The average molecular weight is 317 g/mol. The number of nitrogens with zero attached hydrogens (tertiary/aromatic N) is 1. The van der Waals surface area contributed by atoms with Crippen LogP contribution in [0.1, 0.15) is 40.5 Å². The third-order valence-corrected chi connectivity index (χ3v) is 3.49. The van der Waals surface area contributed by atoms with Crippen LogP contribution < -0.4 is 0 Å². The Morgan fingerprint density at radius 3 is 2.50 bits per heavy atom. The van der Waals surface area contributed by atoms with Gasteiger partial charge in [0.15, 0.2) is 0 Å². The fourth-order valence-electron chi connectivity index (χ4n) is 2.40. The molecular formula is C15H27NO6. The zero-order chi connectivity index (χ0) is 17.0. The Balaban J connectivity index is 2.70. The average Bonchev–Trinajstić information content (AvgIpc) is 2.36. The first-order valence-electron chi connectivity index (χ1n) is 7.50. The summed E-state index contributed by atoms with van der Waals surface area (Å²) in [6.45, 7) is 7.81. The highest BCUT2D eigenvalue weighted by molar-refractivity contribution is 5.71. The third kappa shape index (κ3) is 5.14. The lowest BCUT2D eigenvalue weighted by molar-refractivity contribution is -0.165. The predicted octanol–water partition coefficient (Wildman–Crippen LogP) is 1.33. The highest BCUT2D eigenvalue weighted by Gasteiger charge is 2.45. The maximum atomic E-state index is 12.1. The van der Waals surface area contributed by atoms with Crippen LogP contribution in [0, 0.1) is 0 Å². The molecule has 0 radical (unpaired) electrons. The molecule has 2 unspecified atom stereocenters. The molecule has 1 amide bonds. The van der Waals surface area contributed by atoms with Gasteiger partial charge in [0.2, 0.25) is 0 Å². The first-order chi connectivity index (χ1) is 10.1. The van der Waals surface area contributed by atoms with Gasteiger partial charge in [-0.1, -0.05) is 0 Å². The second kappa shape index (κ2) is 7.28. The Hall–Kier alpha value is -1.34. The standard InChI is InChI=1S/C15H27NO6/c1-6-21-12(17)9-15(19)7-8-16(10-11(15)20-5)13(18)22-14(2,3)4/h11,19H,6-10H2,1-5H3. The van der Waals surface area contributed by atoms with E-state index in [0.717, 1.165) is 0 Å². The summed E-state index contributed by atoms with van der Waals surface area (Å²) in [4.78, 5) is 25.2. The molecule has 128 valence electrons. The molecule has 0 aliphatic carbocycles. The molecule has 1 heterocycles. The van der Waals surface area contributed by atoms with E-state index < -0.39 is 29.4 Å². The van der Waals surface area contributed by atoms with Crippen molar-refractivity contribution in [3.05, 3.63) is 0 Å². The number of likely N-dealkylation sites (tertiary alicyclic amines) is 1. The van der Waals surface area contributed by atoms with Gasteiger partial charge in [-0.05, 0) is 34.1 Å². The summed E-state index contributed by atoms with van der Waals surface area (Å²) >= 11 is 0. The van der Waals surface area contributed by atoms with Gasteiger partial charge in [-0.25, -0.2) is 4.79 Å². The van der Waals surface area contributed by atoms with E-state index >= 15 is 0 Å². The van der Waals surface area contributed by atoms with Gasteiger partial charge in [-0.15, -0.1) is 0 Å². The van der Waals surface area contributed by atoms with E-state index in [4.69, 9.17) is 14.2 Å². The van der Waals surface area contributed by atoms with Crippen molar-refractivity contribution >= 4 is 12.1 Å². The van der Waals surface area contributed by atoms with Crippen LogP contribution in [0.4, 0.5) is 4.79 Å². The van der Waals surface area contributed by atoms with E-state index in [1.807, 2.05) is 0 Å². The fourth-order valence-corrected chi connectivity index (χ4v) is 2.40. The van der Waals surface area contributed by atoms with Crippen molar-refractivity contribution in [2.45, 2.75) is 57.8 Å². The number of piperidine rings is 1. The largest absolute Gasteiger partial charge is 0.466 e. The maximum Gasteiger partial charge on any atom is 0.410 e. The molecule has 0 bridgehead atoms. The number of aliphatic hydroxyl groups is 1. The Labute approximate surface area is 131 Å². The van der Waals surface area contributed by atoms with Crippen LogP contribution in [0.25, 0.3) is 0 Å². The van der Waals surface area contributed by atoms with Crippen molar-refractivity contribution in [3.8, 4) is 0 Å². The number of esters is 1. The molecule has 1 aliphatic heterocycles. The van der Waals surface area contributed by atoms with Crippen molar-refractivity contribution in [2.24, 2.45) is 0 Å². The molecule has 0 aromatic rings. The topological polar surface area (TPSA) is 85.3 Å². The Morgan fingerprint density at radius 1 is 1.36 bits per heavy atom. The molecular weight excluding hydrogens is 290 g/mol. The van der Waals surface area contributed by atoms with Gasteiger partial charge < -0.3 is 24.2 Å². The van der Waals surface area contributed by atoms with E-state index in [0.29, 0.717) is 6.54 Å². The van der Waals surface area contributed by atoms with Gasteiger partial charge in [-0.3, -0.25) is 4.79 Å². The van der Waals surface area contributed by atoms with Crippen LogP contribution in [0.3, 0.4) is 0 Å². The molecule has 2 atom stereocenters. The van der Waals surface area contributed by atoms with E-state index in [2.05, 4.69) is 0 Å². The molecule has 1 rings (SSSR count). The first-order valence-corrected chi connectivity index (χ1v) is 7.50. The summed E-state index contributed by atoms with van der Waals surface area (Å²) in [6, 6.07) is 0. The number of hydrogen-bond acceptors (Lipinski definition) is 6. The molecule has 0 spiro atoms. The number of carbonyl (C=O) groups is 2. The molecule has 0 aromatic heterocycles. The first kappa shape index (κ1) is 18.7. The Bertz CT molecular complexity index is 405. The Morgan fingerprint density at radius 2 is 2.00 bits per heavy atom. The van der Waals surface area contributed by atoms with Crippen LogP contribution in [0.5, 0.6) is 0 Å². The lowest BCUT2D eigenvalue weighted by Crippen LogP contribution is -2.58. The van der Waals surface area contributed by atoms with Crippen molar-refractivity contribution in [3.63, 3.8) is 0 Å². The van der Waals surface area contributed by atoms with Gasteiger partial charge in [0.25, 0.3) is 0 Å². The van der Waals surface area contributed by atoms with Crippen molar-refractivity contribution in [2.75, 3.05) is 26.8 Å². The fraction of sp³-hybridized carbons (Fsp3) is 0.867. The van der Waals surface area contributed by atoms with Crippen LogP contribution >= 0.6 is 0 Å². The second-order valence-corrected chi connectivity index (χ2v) is 6.49. The number of methoxy groups -OCH3 is 1. The molecule has 22 heavy (non-hydrogen) atoms. The summed E-state index contributed by atoms with van der Waals surface area (Å²) in [7, 11) is 1.44. The number of rotatable bonds is 4. The number of ether oxygens (including phenoxy) is 3. The smallest absolute Gasteiger partial charge is 0.410 e. The minimum absolute atomic E-state index is 0.151. The molecule has 1 saturated heterocycles. The van der Waals surface area contributed by atoms with Crippen LogP contribution in [0.15, 0.2) is 0 Å². The third-order valence-electron chi connectivity index (χ3n) is 3.49. The van der Waals surface area contributed by atoms with Crippen LogP contribution in [-0.2, 0) is 19.0 Å². The minimum atomic E-state index is -1.33. The zero-order valence-corrected chi connectivity index (χ0v) is 14.0. The molecule has 0 aromatic carbocycles. The molecule has 1 fully saturated rings. The second-order valence-electron chi connectivity index (χ2n) is 6.49. The molecule has 7 nitrogen and oxygen atoms in total. The summed E-state index contributed by atoms with van der Waals surface area (Å²) in [5.41, 5.74) is -1.92. The van der Waals surface area contributed by atoms with Gasteiger partial charge >= 0.3 is 12.1 Å². The number of hydrogen-bond donors (Lipinski definition) is 1. The van der Waals surface area contributed by atoms with Gasteiger partial charge in [-0.2, -0.15) is 0 Å². The van der Waals surface area contributed by atoms with E-state index in [-0.39, 0.29) is 26.0 Å². The summed E-state index contributed by atoms with van der Waals surface area (Å²) in [6.07, 6.45) is -1.05. The molecule has 1 N–H and O–H groups in total. The van der Waals surface area contributed by atoms with Gasteiger partial charge in [0.05, 0.1) is 19.6 Å². The SMILES string of the molecule is CCOC(=O)CC1(O)CCN(C(=O)OC(C)(C)C)CC1OC. The summed E-state index contributed by atoms with van der Waals surface area (Å²) < 4.78 is 15.5. The Kier molecular flexibility index (Phi) is 6.19. The summed E-state index contributed by atoms with van der Waals surface area (Å²) in [5, 5.41) is 10.7. The quantitative estimate of drug-likeness (QED) is 0.787. The highest BCUT2D eigenvalue weighted by atomic mass is 16.6. The normalized spacial score (nSPS) is 25.7. The van der Waals surface area contributed by atoms with Gasteiger partial charge in [0, 0.05) is 13.7 Å². The van der Waals surface area contributed by atoms with E-state index in [9.17, 15) is 14.7 Å². The van der Waals surface area contributed by atoms with E-state index in [1.54, 1.807) is 27.7 Å². The van der Waals surface area contributed by atoms with E-state index in [1.165, 1.54) is 12.0 Å². The van der Waals surface area contributed by atoms with Gasteiger partial charge in [0.1, 0.15) is 17.3 Å². The zero-order valence-electron chi connectivity index (χ0n) is 14.0. The van der Waals surface area contributed by atoms with Crippen molar-refractivity contribution in [1.82, 2.24) is 4.90 Å². The molecule has 1 aliphatic rings. The van der Waals surface area contributed by atoms with Crippen molar-refractivity contribution in [1.29, 1.82) is 0 Å².